The smallest absolute Gasteiger partial charge is 0.423 e. The summed E-state index contributed by atoms with van der Waals surface area (Å²) in [7, 11) is 0. The quantitative estimate of drug-likeness (QED) is 0.859. The van der Waals surface area contributed by atoms with Crippen LogP contribution in [0.2, 0.25) is 5.15 Å². The molecular formula is C16H13ClF2N2O3. The number of hydrogen-bond donors (Lipinski definition) is 1. The maximum Gasteiger partial charge on any atom is 0.483 e. The van der Waals surface area contributed by atoms with Crippen molar-refractivity contribution in [2.24, 2.45) is 0 Å². The lowest BCUT2D eigenvalue weighted by Gasteiger charge is -2.34. The monoisotopic (exact) mass is 354 g/mol. The van der Waals surface area contributed by atoms with E-state index in [1.807, 2.05) is 0 Å². The molecule has 0 spiro atoms. The van der Waals surface area contributed by atoms with Crippen molar-refractivity contribution >= 4 is 23.2 Å². The third-order valence-corrected chi connectivity index (χ3v) is 3.79. The zero-order valence-corrected chi connectivity index (χ0v) is 13.3. The molecule has 8 heteroatoms. The normalized spacial score (nSPS) is 17.2. The molecule has 0 radical (unpaired) electrons. The Labute approximate surface area is 141 Å². The Bertz CT molecular complexity index is 799. The average Bonchev–Trinajstić information content (AvgIpc) is 2.51. The number of hydrogen-bond acceptors (Lipinski definition) is 4. The van der Waals surface area contributed by atoms with Gasteiger partial charge in [0.05, 0.1) is 24.0 Å². The molecule has 2 heterocycles. The number of carbonyl (C=O) groups is 1. The van der Waals surface area contributed by atoms with E-state index in [0.29, 0.717) is 5.69 Å². The van der Waals surface area contributed by atoms with Crippen LogP contribution in [0.4, 0.5) is 14.5 Å². The van der Waals surface area contributed by atoms with Gasteiger partial charge in [-0.05, 0) is 25.1 Å². The lowest BCUT2D eigenvalue weighted by atomic mass is 10.1. The molecule has 24 heavy (non-hydrogen) atoms. The van der Waals surface area contributed by atoms with E-state index in [-0.39, 0.29) is 28.7 Å². The number of aliphatic hydroxyl groups excluding tert-OH is 1. The number of rotatable bonds is 3. The molecule has 0 saturated heterocycles. The minimum atomic E-state index is -4.03. The Balaban J connectivity index is 2.09. The zero-order valence-electron chi connectivity index (χ0n) is 12.5. The minimum Gasteiger partial charge on any atom is -0.423 e. The van der Waals surface area contributed by atoms with Crippen LogP contribution < -0.4 is 9.64 Å². The molecule has 1 aliphatic rings. The fourth-order valence-electron chi connectivity index (χ4n) is 2.49. The van der Waals surface area contributed by atoms with E-state index in [1.165, 1.54) is 19.1 Å². The maximum absolute atomic E-state index is 14.0. The Morgan fingerprint density at radius 3 is 2.71 bits per heavy atom. The highest BCUT2D eigenvalue weighted by Crippen LogP contribution is 2.44. The molecule has 1 N–H and O–H groups in total. The van der Waals surface area contributed by atoms with Gasteiger partial charge in [-0.25, -0.2) is 4.98 Å². The molecule has 5 nitrogen and oxygen atoms in total. The van der Waals surface area contributed by atoms with Crippen LogP contribution in [0.15, 0.2) is 36.4 Å². The summed E-state index contributed by atoms with van der Waals surface area (Å²) in [6, 6.07) is 9.22. The lowest BCUT2D eigenvalue weighted by molar-refractivity contribution is -0.193. The number of fused-ring (bicyclic) bond motifs is 1. The SMILES string of the molecule is CC(O)c1cccc2c1OC(F)(F)C(=O)N2Cc1cccc(Cl)n1. The van der Waals surface area contributed by atoms with Crippen LogP contribution in [-0.4, -0.2) is 22.1 Å². The molecule has 1 unspecified atom stereocenters. The fraction of sp³-hybridized carbons (Fsp3) is 0.250. The van der Waals surface area contributed by atoms with Gasteiger partial charge in [0, 0.05) is 5.56 Å². The molecule has 1 aromatic carbocycles. The molecule has 126 valence electrons. The third-order valence-electron chi connectivity index (χ3n) is 3.58. The van der Waals surface area contributed by atoms with E-state index in [2.05, 4.69) is 9.72 Å². The van der Waals surface area contributed by atoms with Gasteiger partial charge in [-0.15, -0.1) is 0 Å². The van der Waals surface area contributed by atoms with Gasteiger partial charge in [-0.3, -0.25) is 9.69 Å². The number of nitrogens with zero attached hydrogens (tertiary/aromatic N) is 2. The number of benzene rings is 1. The molecule has 3 rings (SSSR count). The first-order valence-corrected chi connectivity index (χ1v) is 7.48. The molecule has 1 aliphatic heterocycles. The number of para-hydroxylation sites is 1. The van der Waals surface area contributed by atoms with Gasteiger partial charge in [0.15, 0.2) is 5.75 Å². The van der Waals surface area contributed by atoms with Crippen molar-refractivity contribution in [3.05, 3.63) is 52.8 Å². The molecule has 0 bridgehead atoms. The minimum absolute atomic E-state index is 0.145. The summed E-state index contributed by atoms with van der Waals surface area (Å²) in [6.45, 7) is 1.23. The van der Waals surface area contributed by atoms with Gasteiger partial charge in [0.1, 0.15) is 5.15 Å². The van der Waals surface area contributed by atoms with Gasteiger partial charge in [-0.1, -0.05) is 29.8 Å². The fourth-order valence-corrected chi connectivity index (χ4v) is 2.67. The summed E-state index contributed by atoms with van der Waals surface area (Å²) in [6.07, 6.45) is -5.06. The standard InChI is InChI=1S/C16H13ClF2N2O3/c1-9(22)11-5-3-6-12-14(11)24-16(18,19)15(23)21(12)8-10-4-2-7-13(17)20-10/h2-7,9,22H,8H2,1H3. The van der Waals surface area contributed by atoms with Crippen molar-refractivity contribution in [1.82, 2.24) is 4.98 Å². The predicted octanol–water partition coefficient (Wildman–Crippen LogP) is 3.31. The van der Waals surface area contributed by atoms with E-state index in [9.17, 15) is 18.7 Å². The highest BCUT2D eigenvalue weighted by atomic mass is 35.5. The maximum atomic E-state index is 14.0. The Morgan fingerprint density at radius 2 is 2.04 bits per heavy atom. The largest absolute Gasteiger partial charge is 0.483 e. The molecule has 0 saturated carbocycles. The summed E-state index contributed by atoms with van der Waals surface area (Å²) in [5.74, 6) is -1.72. The van der Waals surface area contributed by atoms with Gasteiger partial charge in [-0.2, -0.15) is 8.78 Å². The van der Waals surface area contributed by atoms with Crippen LogP contribution in [0.5, 0.6) is 5.75 Å². The van der Waals surface area contributed by atoms with Crippen LogP contribution in [0.25, 0.3) is 0 Å². The summed E-state index contributed by atoms with van der Waals surface area (Å²) >= 11 is 5.80. The Morgan fingerprint density at radius 1 is 1.33 bits per heavy atom. The number of alkyl halides is 2. The summed E-state index contributed by atoms with van der Waals surface area (Å²) in [5, 5.41) is 9.96. The molecule has 1 amide bonds. The van der Waals surface area contributed by atoms with Crippen LogP contribution in [0.3, 0.4) is 0 Å². The number of aliphatic hydroxyl groups is 1. The van der Waals surface area contributed by atoms with E-state index >= 15 is 0 Å². The second-order valence-corrected chi connectivity index (χ2v) is 5.72. The number of carbonyl (C=O) groups excluding carboxylic acids is 1. The summed E-state index contributed by atoms with van der Waals surface area (Å²) in [4.78, 5) is 17.0. The zero-order chi connectivity index (χ0) is 17.5. The highest BCUT2D eigenvalue weighted by molar-refractivity contribution is 6.29. The van der Waals surface area contributed by atoms with Crippen molar-refractivity contribution < 1.29 is 23.4 Å². The number of halogens is 3. The van der Waals surface area contributed by atoms with Gasteiger partial charge in [0.2, 0.25) is 0 Å². The highest BCUT2D eigenvalue weighted by Gasteiger charge is 2.51. The van der Waals surface area contributed by atoms with Gasteiger partial charge >= 0.3 is 12.0 Å². The van der Waals surface area contributed by atoms with Crippen LogP contribution >= 0.6 is 11.6 Å². The van der Waals surface area contributed by atoms with Crippen LogP contribution in [0, 0.1) is 0 Å². The average molecular weight is 355 g/mol. The number of pyridine rings is 1. The van der Waals surface area contributed by atoms with E-state index in [0.717, 1.165) is 4.90 Å². The van der Waals surface area contributed by atoms with Gasteiger partial charge in [0.25, 0.3) is 0 Å². The predicted molar refractivity (Wildman–Crippen MR) is 83.1 cm³/mol. The van der Waals surface area contributed by atoms with E-state index in [4.69, 9.17) is 11.6 Å². The summed E-state index contributed by atoms with van der Waals surface area (Å²) in [5.41, 5.74) is 0.664. The topological polar surface area (TPSA) is 62.7 Å². The molecule has 2 aromatic rings. The second kappa shape index (κ2) is 5.99. The summed E-state index contributed by atoms with van der Waals surface area (Å²) < 4.78 is 32.6. The molecule has 0 fully saturated rings. The molecule has 1 aromatic heterocycles. The van der Waals surface area contributed by atoms with E-state index < -0.39 is 18.1 Å². The van der Waals surface area contributed by atoms with Crippen molar-refractivity contribution in [3.8, 4) is 5.75 Å². The van der Waals surface area contributed by atoms with Crippen LogP contribution in [-0.2, 0) is 11.3 Å². The molecule has 1 atom stereocenters. The number of ether oxygens (including phenoxy) is 1. The Kier molecular flexibility index (Phi) is 4.15. The molecule has 0 aliphatic carbocycles. The second-order valence-electron chi connectivity index (χ2n) is 5.33. The van der Waals surface area contributed by atoms with Gasteiger partial charge < -0.3 is 9.84 Å². The number of anilines is 1. The number of amides is 1. The lowest BCUT2D eigenvalue weighted by Crippen LogP contribution is -2.50. The third kappa shape index (κ3) is 2.92. The Hall–Kier alpha value is -2.25. The number of aromatic nitrogens is 1. The first-order chi connectivity index (χ1) is 11.3. The van der Waals surface area contributed by atoms with Crippen molar-refractivity contribution in [2.75, 3.05) is 4.90 Å². The first kappa shape index (κ1) is 16.6. The van der Waals surface area contributed by atoms with Crippen molar-refractivity contribution in [1.29, 1.82) is 0 Å². The van der Waals surface area contributed by atoms with Crippen LogP contribution in [0.1, 0.15) is 24.3 Å². The van der Waals surface area contributed by atoms with Crippen molar-refractivity contribution in [3.63, 3.8) is 0 Å². The van der Waals surface area contributed by atoms with Crippen molar-refractivity contribution in [2.45, 2.75) is 25.7 Å². The molecular weight excluding hydrogens is 342 g/mol. The van der Waals surface area contributed by atoms with E-state index in [1.54, 1.807) is 24.3 Å². The first-order valence-electron chi connectivity index (χ1n) is 7.11.